The van der Waals surface area contributed by atoms with Crippen LogP contribution in [0.3, 0.4) is 0 Å². The Morgan fingerprint density at radius 3 is 2.79 bits per heavy atom. The highest BCUT2D eigenvalue weighted by Crippen LogP contribution is 2.39. The van der Waals surface area contributed by atoms with E-state index in [1.54, 1.807) is 36.2 Å². The minimum Gasteiger partial charge on any atom is -0.496 e. The number of hydrogen-bond donors (Lipinski definition) is 0. The molecule has 1 unspecified atom stereocenters. The molecule has 0 amide bonds. The largest absolute Gasteiger partial charge is 0.496 e. The van der Waals surface area contributed by atoms with Gasteiger partial charge in [-0.3, -0.25) is 14.3 Å². The van der Waals surface area contributed by atoms with Crippen molar-refractivity contribution in [2.75, 3.05) is 25.2 Å². The first-order valence-corrected chi connectivity index (χ1v) is 11.2. The van der Waals surface area contributed by atoms with Crippen LogP contribution < -0.4 is 19.9 Å². The molecule has 8 heteroatoms. The van der Waals surface area contributed by atoms with E-state index in [4.69, 9.17) is 14.5 Å². The fourth-order valence-electron chi connectivity index (χ4n) is 4.75. The number of methoxy groups -OCH3 is 1. The van der Waals surface area contributed by atoms with Crippen molar-refractivity contribution in [2.45, 2.75) is 38.8 Å². The Hall–Kier alpha value is -3.42. The Labute approximate surface area is 191 Å². The number of anilines is 1. The number of aromatic nitrogens is 3. The van der Waals surface area contributed by atoms with Gasteiger partial charge in [-0.2, -0.15) is 0 Å². The molecule has 0 N–H and O–H groups in total. The molecule has 0 aliphatic carbocycles. The lowest BCUT2D eigenvalue weighted by Crippen LogP contribution is -2.54. The standard InChI is InChI=1S/C25H27FN4O3/c1-25(2)8-11-29-22(31)13-20(17-6-9-27-10-7-17)28-24(29)30(25)14-16-12-18-21(32-3)5-4-19(26)23(18)33-15-16/h4-7,9-10,13,16H,8,11-12,14-15H2,1-3H3. The van der Waals surface area contributed by atoms with Crippen LogP contribution in [0.4, 0.5) is 10.3 Å². The topological polar surface area (TPSA) is 69.5 Å². The Kier molecular flexibility index (Phi) is 5.31. The van der Waals surface area contributed by atoms with Crippen LogP contribution in [0.2, 0.25) is 0 Å². The van der Waals surface area contributed by atoms with Gasteiger partial charge in [0.2, 0.25) is 5.95 Å². The van der Waals surface area contributed by atoms with Gasteiger partial charge in [0.15, 0.2) is 11.6 Å². The zero-order valence-corrected chi connectivity index (χ0v) is 19.0. The molecule has 2 aliphatic rings. The van der Waals surface area contributed by atoms with E-state index in [0.29, 0.717) is 43.5 Å². The van der Waals surface area contributed by atoms with Gasteiger partial charge < -0.3 is 14.4 Å². The van der Waals surface area contributed by atoms with E-state index in [9.17, 15) is 9.18 Å². The molecule has 3 aromatic rings. The number of ether oxygens (including phenoxy) is 2. The van der Waals surface area contributed by atoms with Gasteiger partial charge in [-0.1, -0.05) is 0 Å². The fraction of sp³-hybridized carbons (Fsp3) is 0.400. The normalized spacial score (nSPS) is 18.8. The maximum atomic E-state index is 14.3. The molecular weight excluding hydrogens is 423 g/mol. The smallest absolute Gasteiger partial charge is 0.255 e. The van der Waals surface area contributed by atoms with Gasteiger partial charge in [-0.05, 0) is 51.0 Å². The number of rotatable bonds is 4. The summed E-state index contributed by atoms with van der Waals surface area (Å²) >= 11 is 0. The lowest BCUT2D eigenvalue weighted by molar-refractivity contribution is 0.200. The molecule has 1 atom stereocenters. The zero-order valence-electron chi connectivity index (χ0n) is 19.0. The van der Waals surface area contributed by atoms with Gasteiger partial charge in [0, 0.05) is 54.1 Å². The molecule has 0 fully saturated rings. The van der Waals surface area contributed by atoms with Crippen molar-refractivity contribution in [1.29, 1.82) is 0 Å². The van der Waals surface area contributed by atoms with Gasteiger partial charge in [-0.25, -0.2) is 9.37 Å². The number of halogens is 1. The predicted molar refractivity (Wildman–Crippen MR) is 123 cm³/mol. The van der Waals surface area contributed by atoms with Crippen LogP contribution in [0.5, 0.6) is 11.5 Å². The summed E-state index contributed by atoms with van der Waals surface area (Å²) in [5.74, 6) is 1.27. The number of fused-ring (bicyclic) bond motifs is 2. The molecule has 0 radical (unpaired) electrons. The molecule has 33 heavy (non-hydrogen) atoms. The molecule has 172 valence electrons. The molecule has 2 aromatic heterocycles. The summed E-state index contributed by atoms with van der Waals surface area (Å²) in [6, 6.07) is 8.30. The summed E-state index contributed by atoms with van der Waals surface area (Å²) in [4.78, 5) is 24.2. The third kappa shape index (κ3) is 3.83. The summed E-state index contributed by atoms with van der Waals surface area (Å²) in [6.07, 6.45) is 4.83. The van der Waals surface area contributed by atoms with Gasteiger partial charge in [-0.15, -0.1) is 0 Å². The van der Waals surface area contributed by atoms with Crippen molar-refractivity contribution in [3.63, 3.8) is 0 Å². The van der Waals surface area contributed by atoms with E-state index in [-0.39, 0.29) is 28.6 Å². The highest BCUT2D eigenvalue weighted by Gasteiger charge is 2.37. The third-order valence-electron chi connectivity index (χ3n) is 6.67. The molecule has 0 spiro atoms. The lowest BCUT2D eigenvalue weighted by Gasteiger charge is -2.46. The Balaban J connectivity index is 1.51. The quantitative estimate of drug-likeness (QED) is 0.604. The number of nitrogens with zero attached hydrogens (tertiary/aromatic N) is 4. The summed E-state index contributed by atoms with van der Waals surface area (Å²) in [7, 11) is 1.58. The van der Waals surface area contributed by atoms with E-state index in [0.717, 1.165) is 17.5 Å². The first kappa shape index (κ1) is 21.4. The van der Waals surface area contributed by atoms with Crippen LogP contribution in [-0.2, 0) is 13.0 Å². The van der Waals surface area contributed by atoms with Gasteiger partial charge in [0.25, 0.3) is 5.56 Å². The van der Waals surface area contributed by atoms with Crippen molar-refractivity contribution in [1.82, 2.24) is 14.5 Å². The number of benzene rings is 1. The number of hydrogen-bond acceptors (Lipinski definition) is 6. The van der Waals surface area contributed by atoms with E-state index in [2.05, 4.69) is 23.7 Å². The number of pyridine rings is 1. The second-order valence-corrected chi connectivity index (χ2v) is 9.28. The van der Waals surface area contributed by atoms with Crippen molar-refractivity contribution in [3.8, 4) is 22.8 Å². The second-order valence-electron chi connectivity index (χ2n) is 9.28. The minimum atomic E-state index is -0.372. The van der Waals surface area contributed by atoms with Gasteiger partial charge >= 0.3 is 0 Å². The van der Waals surface area contributed by atoms with Crippen LogP contribution in [0.15, 0.2) is 47.5 Å². The lowest BCUT2D eigenvalue weighted by atomic mass is 9.91. The van der Waals surface area contributed by atoms with E-state index >= 15 is 0 Å². The Morgan fingerprint density at radius 1 is 1.24 bits per heavy atom. The van der Waals surface area contributed by atoms with Crippen molar-refractivity contribution in [2.24, 2.45) is 5.92 Å². The van der Waals surface area contributed by atoms with Gasteiger partial charge in [0.05, 0.1) is 19.4 Å². The van der Waals surface area contributed by atoms with Crippen molar-refractivity contribution >= 4 is 5.95 Å². The average molecular weight is 451 g/mol. The van der Waals surface area contributed by atoms with Crippen LogP contribution in [0, 0.1) is 11.7 Å². The van der Waals surface area contributed by atoms with Crippen molar-refractivity contribution < 1.29 is 13.9 Å². The fourth-order valence-corrected chi connectivity index (χ4v) is 4.75. The van der Waals surface area contributed by atoms with Crippen molar-refractivity contribution in [3.05, 3.63) is 64.5 Å². The van der Waals surface area contributed by atoms with E-state index < -0.39 is 0 Å². The molecule has 0 saturated carbocycles. The first-order chi connectivity index (χ1) is 15.9. The van der Waals surface area contributed by atoms with Crippen LogP contribution >= 0.6 is 0 Å². The van der Waals surface area contributed by atoms with Gasteiger partial charge in [0.1, 0.15) is 5.75 Å². The van der Waals surface area contributed by atoms with Crippen LogP contribution in [-0.4, -0.2) is 40.3 Å². The van der Waals surface area contributed by atoms with Crippen LogP contribution in [0.1, 0.15) is 25.8 Å². The molecule has 1 aromatic carbocycles. The summed E-state index contributed by atoms with van der Waals surface area (Å²) in [5, 5.41) is 0. The Bertz CT molecular complexity index is 1240. The molecule has 7 nitrogen and oxygen atoms in total. The molecular formula is C25H27FN4O3. The van der Waals surface area contributed by atoms with E-state index in [1.165, 1.54) is 6.07 Å². The highest BCUT2D eigenvalue weighted by molar-refractivity contribution is 5.60. The average Bonchev–Trinajstić information content (AvgIpc) is 2.81. The monoisotopic (exact) mass is 450 g/mol. The minimum absolute atomic E-state index is 0.0682. The predicted octanol–water partition coefficient (Wildman–Crippen LogP) is 3.69. The molecule has 5 rings (SSSR count). The zero-order chi connectivity index (χ0) is 23.2. The summed E-state index contributed by atoms with van der Waals surface area (Å²) in [5.41, 5.74) is 1.96. The maximum Gasteiger partial charge on any atom is 0.255 e. The SMILES string of the molecule is COc1ccc(F)c2c1CC(CN1c3nc(-c4ccncc4)cc(=O)n3CCC1(C)C)CO2. The maximum absolute atomic E-state index is 14.3. The first-order valence-electron chi connectivity index (χ1n) is 11.2. The third-order valence-corrected chi connectivity index (χ3v) is 6.67. The molecule has 0 bridgehead atoms. The summed E-state index contributed by atoms with van der Waals surface area (Å²) in [6.45, 7) is 5.96. The summed E-state index contributed by atoms with van der Waals surface area (Å²) < 4.78 is 27.4. The Morgan fingerprint density at radius 2 is 2.03 bits per heavy atom. The molecule has 0 saturated heterocycles. The molecule has 4 heterocycles. The second kappa shape index (κ2) is 8.17. The molecule has 2 aliphatic heterocycles. The van der Waals surface area contributed by atoms with E-state index in [1.807, 2.05) is 12.1 Å². The highest BCUT2D eigenvalue weighted by atomic mass is 19.1. The van der Waals surface area contributed by atoms with Crippen LogP contribution in [0.25, 0.3) is 11.3 Å².